The number of rotatable bonds is 7. The van der Waals surface area contributed by atoms with E-state index in [-0.39, 0.29) is 11.6 Å². The van der Waals surface area contributed by atoms with Gasteiger partial charge >= 0.3 is 0 Å². The molecule has 0 unspecified atom stereocenters. The first kappa shape index (κ1) is 17.2. The predicted molar refractivity (Wildman–Crippen MR) is 92.3 cm³/mol. The van der Waals surface area contributed by atoms with Crippen LogP contribution in [0.25, 0.3) is 5.70 Å². The first-order valence-electron chi connectivity index (χ1n) is 6.99. The molecule has 22 heavy (non-hydrogen) atoms. The van der Waals surface area contributed by atoms with Gasteiger partial charge in [-0.05, 0) is 25.1 Å². The number of allylic oxidation sites excluding steroid dienone is 2. The highest BCUT2D eigenvalue weighted by molar-refractivity contribution is 5.69. The van der Waals surface area contributed by atoms with E-state index in [0.29, 0.717) is 30.0 Å². The van der Waals surface area contributed by atoms with Crippen LogP contribution in [0.2, 0.25) is 0 Å². The second-order valence-corrected chi connectivity index (χ2v) is 4.72. The molecule has 1 rings (SSSR count). The molecule has 7 N–H and O–H groups in total. The number of hydrogen-bond acceptors (Lipinski definition) is 5. The highest BCUT2D eigenvalue weighted by Gasteiger charge is 2.10. The number of phenolic OH excluding ortho intramolecular Hbond substituents is 1. The lowest BCUT2D eigenvalue weighted by molar-refractivity contribution is 0.429. The van der Waals surface area contributed by atoms with E-state index in [1.54, 1.807) is 36.4 Å². The van der Waals surface area contributed by atoms with Crippen molar-refractivity contribution in [3.8, 4) is 5.75 Å². The third-order valence-electron chi connectivity index (χ3n) is 3.05. The van der Waals surface area contributed by atoms with Crippen molar-refractivity contribution in [1.29, 1.82) is 0 Å². The summed E-state index contributed by atoms with van der Waals surface area (Å²) in [4.78, 5) is 1.94. The Morgan fingerprint density at radius 3 is 2.45 bits per heavy atom. The smallest absolute Gasteiger partial charge is 0.124 e. The molecule has 0 aromatic heterocycles. The average molecular weight is 300 g/mol. The van der Waals surface area contributed by atoms with Crippen molar-refractivity contribution < 1.29 is 5.11 Å². The number of aromatic hydroxyl groups is 1. The van der Waals surface area contributed by atoms with Gasteiger partial charge in [-0.3, -0.25) is 0 Å². The normalized spacial score (nSPS) is 11.4. The van der Waals surface area contributed by atoms with E-state index in [1.165, 1.54) is 0 Å². The first-order chi connectivity index (χ1) is 10.5. The van der Waals surface area contributed by atoms with Crippen LogP contribution >= 0.6 is 0 Å². The molecule has 0 aliphatic rings. The molecule has 0 saturated heterocycles. The predicted octanol–water partition coefficient (Wildman–Crippen LogP) is 1.84. The number of nitrogens with zero attached hydrogens (tertiary/aromatic N) is 1. The summed E-state index contributed by atoms with van der Waals surface area (Å²) in [5.41, 5.74) is 19.2. The molecule has 0 fully saturated rings. The molecule has 0 bridgehead atoms. The zero-order chi connectivity index (χ0) is 16.5. The summed E-state index contributed by atoms with van der Waals surface area (Å²) < 4.78 is 0. The van der Waals surface area contributed by atoms with Gasteiger partial charge in [0.05, 0.1) is 5.70 Å². The highest BCUT2D eigenvalue weighted by Crippen LogP contribution is 2.23. The topological polar surface area (TPSA) is 102 Å². The summed E-state index contributed by atoms with van der Waals surface area (Å²) in [6.45, 7) is 6.87. The van der Waals surface area contributed by atoms with Gasteiger partial charge in [-0.2, -0.15) is 0 Å². The third-order valence-corrected chi connectivity index (χ3v) is 3.05. The summed E-state index contributed by atoms with van der Waals surface area (Å²) in [6, 6.07) is 6.84. The van der Waals surface area contributed by atoms with Gasteiger partial charge in [0.15, 0.2) is 0 Å². The Morgan fingerprint density at radius 2 is 1.91 bits per heavy atom. The zero-order valence-corrected chi connectivity index (χ0v) is 12.9. The van der Waals surface area contributed by atoms with Crippen molar-refractivity contribution in [2.24, 2.45) is 17.2 Å². The second kappa shape index (κ2) is 8.46. The Morgan fingerprint density at radius 1 is 1.23 bits per heavy atom. The summed E-state index contributed by atoms with van der Waals surface area (Å²) in [5.74, 6) is 0.264. The van der Waals surface area contributed by atoms with Gasteiger partial charge in [0.2, 0.25) is 0 Å². The van der Waals surface area contributed by atoms with Crippen LogP contribution in [0.1, 0.15) is 12.5 Å². The van der Waals surface area contributed by atoms with Crippen molar-refractivity contribution in [2.45, 2.75) is 6.92 Å². The maximum absolute atomic E-state index is 9.88. The average Bonchev–Trinajstić information content (AvgIpc) is 2.49. The molecule has 118 valence electrons. The van der Waals surface area contributed by atoms with Crippen LogP contribution in [-0.2, 0) is 0 Å². The molecule has 0 amide bonds. The van der Waals surface area contributed by atoms with Gasteiger partial charge in [0.1, 0.15) is 11.6 Å². The molecular formula is C17H24N4O. The van der Waals surface area contributed by atoms with E-state index in [9.17, 15) is 5.11 Å². The number of phenols is 1. The summed E-state index contributed by atoms with van der Waals surface area (Å²) in [7, 11) is 0. The Balaban J connectivity index is 3.20. The summed E-state index contributed by atoms with van der Waals surface area (Å²) in [6.07, 6.45) is 7.35. The fraction of sp³-hybridized carbons (Fsp3) is 0.176. The van der Waals surface area contributed by atoms with Crippen LogP contribution in [-0.4, -0.2) is 23.1 Å². The van der Waals surface area contributed by atoms with Crippen LogP contribution < -0.4 is 17.2 Å². The van der Waals surface area contributed by atoms with Crippen LogP contribution in [0.4, 0.5) is 0 Å². The van der Waals surface area contributed by atoms with Crippen LogP contribution in [0.15, 0.2) is 66.7 Å². The van der Waals surface area contributed by atoms with Crippen LogP contribution in [0.3, 0.4) is 0 Å². The van der Waals surface area contributed by atoms with Crippen molar-refractivity contribution in [3.05, 3.63) is 72.2 Å². The molecule has 0 spiro atoms. The van der Waals surface area contributed by atoms with Gasteiger partial charge in [-0.15, -0.1) is 6.58 Å². The van der Waals surface area contributed by atoms with Gasteiger partial charge in [0.25, 0.3) is 0 Å². The fourth-order valence-corrected chi connectivity index (χ4v) is 1.96. The lowest BCUT2D eigenvalue weighted by atomic mass is 10.1. The molecule has 0 saturated carbocycles. The number of hydrogen-bond donors (Lipinski definition) is 4. The SMILES string of the molecule is C=CCN(C/C=C\C)C(/C=C(\N)c1ccccc1O)=C(N)N. The van der Waals surface area contributed by atoms with E-state index >= 15 is 0 Å². The number of benzene rings is 1. The fourth-order valence-electron chi connectivity index (χ4n) is 1.96. The molecule has 0 heterocycles. The highest BCUT2D eigenvalue weighted by atomic mass is 16.3. The van der Waals surface area contributed by atoms with Crippen molar-refractivity contribution in [1.82, 2.24) is 4.90 Å². The van der Waals surface area contributed by atoms with Gasteiger partial charge in [-0.25, -0.2) is 0 Å². The van der Waals surface area contributed by atoms with E-state index < -0.39 is 0 Å². The molecule has 0 aliphatic carbocycles. The van der Waals surface area contributed by atoms with Crippen LogP contribution in [0.5, 0.6) is 5.75 Å². The molecule has 1 aromatic carbocycles. The van der Waals surface area contributed by atoms with E-state index in [1.807, 2.05) is 24.0 Å². The molecule has 1 aromatic rings. The number of nitrogens with two attached hydrogens (primary N) is 3. The van der Waals surface area contributed by atoms with Crippen molar-refractivity contribution in [3.63, 3.8) is 0 Å². The molecule has 5 heteroatoms. The quantitative estimate of drug-likeness (QED) is 0.454. The maximum Gasteiger partial charge on any atom is 0.124 e. The summed E-state index contributed by atoms with van der Waals surface area (Å²) >= 11 is 0. The monoisotopic (exact) mass is 300 g/mol. The standard InChI is InChI=1S/C17H24N4O/c1-3-5-11-21(10-4-2)15(17(19)20)12-14(18)13-8-6-7-9-16(13)22/h3-9,12,22H,2,10-11,18-20H2,1H3/b5-3-,14-12-. The molecular weight excluding hydrogens is 276 g/mol. The minimum absolute atomic E-state index is 0.106. The Kier molecular flexibility index (Phi) is 6.63. The van der Waals surface area contributed by atoms with E-state index in [0.717, 1.165) is 0 Å². The second-order valence-electron chi connectivity index (χ2n) is 4.72. The molecule has 5 nitrogen and oxygen atoms in total. The largest absolute Gasteiger partial charge is 0.507 e. The van der Waals surface area contributed by atoms with E-state index in [2.05, 4.69) is 6.58 Å². The van der Waals surface area contributed by atoms with Crippen LogP contribution in [0, 0.1) is 0 Å². The number of para-hydroxylation sites is 1. The Hall–Kier alpha value is -2.82. The Bertz CT molecular complexity index is 598. The van der Waals surface area contributed by atoms with Gasteiger partial charge in [0, 0.05) is 24.4 Å². The third kappa shape index (κ3) is 4.63. The molecule has 0 atom stereocenters. The zero-order valence-electron chi connectivity index (χ0n) is 12.9. The van der Waals surface area contributed by atoms with Gasteiger partial charge in [-0.1, -0.05) is 30.4 Å². The molecule has 0 radical (unpaired) electrons. The van der Waals surface area contributed by atoms with Crippen molar-refractivity contribution in [2.75, 3.05) is 13.1 Å². The maximum atomic E-state index is 9.88. The van der Waals surface area contributed by atoms with E-state index in [4.69, 9.17) is 17.2 Å². The molecule has 0 aliphatic heterocycles. The Labute approximate surface area is 131 Å². The first-order valence-corrected chi connectivity index (χ1v) is 6.99. The minimum Gasteiger partial charge on any atom is -0.507 e. The minimum atomic E-state index is 0.106. The van der Waals surface area contributed by atoms with Gasteiger partial charge < -0.3 is 27.2 Å². The summed E-state index contributed by atoms with van der Waals surface area (Å²) in [5, 5.41) is 9.88. The van der Waals surface area contributed by atoms with Crippen molar-refractivity contribution >= 4 is 5.70 Å². The lowest BCUT2D eigenvalue weighted by Gasteiger charge is -2.24. The lowest BCUT2D eigenvalue weighted by Crippen LogP contribution is -2.28.